The molecule has 114 valence electrons. The maximum absolute atomic E-state index is 13.3. The molecule has 1 saturated heterocycles. The second-order valence-electron chi connectivity index (χ2n) is 5.51. The molecule has 1 N–H and O–H groups in total. The molecule has 1 fully saturated rings. The van der Waals surface area contributed by atoms with Crippen LogP contribution in [0.2, 0.25) is 0 Å². The molecular weight excluding hydrogens is 275 g/mol. The highest BCUT2D eigenvalue weighted by atomic mass is 19.1. The fourth-order valence-corrected chi connectivity index (χ4v) is 2.40. The van der Waals surface area contributed by atoms with Crippen molar-refractivity contribution in [1.82, 2.24) is 10.2 Å². The minimum atomic E-state index is -0.503. The summed E-state index contributed by atoms with van der Waals surface area (Å²) in [5.41, 5.74) is 0.464. The van der Waals surface area contributed by atoms with E-state index in [-0.39, 0.29) is 12.5 Å². The first-order valence-corrected chi connectivity index (χ1v) is 6.86. The zero-order chi connectivity index (χ0) is 15.6. The van der Waals surface area contributed by atoms with Crippen LogP contribution >= 0.6 is 0 Å². The second kappa shape index (κ2) is 6.11. The maximum Gasteiger partial charge on any atom is 0.325 e. The van der Waals surface area contributed by atoms with Crippen molar-refractivity contribution in [1.29, 1.82) is 0 Å². The third-order valence-corrected chi connectivity index (χ3v) is 3.38. The van der Waals surface area contributed by atoms with Gasteiger partial charge in [0.05, 0.1) is 13.7 Å². The number of amides is 3. The van der Waals surface area contributed by atoms with Crippen LogP contribution in [0.3, 0.4) is 0 Å². The second-order valence-corrected chi connectivity index (χ2v) is 5.51. The lowest BCUT2D eigenvalue weighted by Gasteiger charge is -2.16. The van der Waals surface area contributed by atoms with Gasteiger partial charge in [0.25, 0.3) is 5.91 Å². The van der Waals surface area contributed by atoms with Crippen molar-refractivity contribution in [3.05, 3.63) is 29.6 Å². The lowest BCUT2D eigenvalue weighted by Crippen LogP contribution is -2.31. The van der Waals surface area contributed by atoms with Crippen LogP contribution in [0.1, 0.15) is 25.8 Å². The molecule has 1 aromatic rings. The minimum absolute atomic E-state index is 0.000194. The summed E-state index contributed by atoms with van der Waals surface area (Å²) in [5.74, 6) is 0.0313. The van der Waals surface area contributed by atoms with Gasteiger partial charge in [-0.15, -0.1) is 0 Å². The van der Waals surface area contributed by atoms with E-state index in [2.05, 4.69) is 5.32 Å². The van der Waals surface area contributed by atoms with E-state index in [1.54, 1.807) is 0 Å². The molecule has 1 heterocycles. The Morgan fingerprint density at radius 2 is 2.10 bits per heavy atom. The first-order chi connectivity index (χ1) is 9.92. The summed E-state index contributed by atoms with van der Waals surface area (Å²) < 4.78 is 18.5. The third-order valence-electron chi connectivity index (χ3n) is 3.38. The first kappa shape index (κ1) is 15.3. The largest absolute Gasteiger partial charge is 0.496 e. The Kier molecular flexibility index (Phi) is 4.45. The van der Waals surface area contributed by atoms with Gasteiger partial charge in [0, 0.05) is 5.56 Å². The van der Waals surface area contributed by atoms with Crippen LogP contribution in [0.4, 0.5) is 9.18 Å². The molecule has 1 unspecified atom stereocenters. The number of methoxy groups -OCH3 is 1. The normalized spacial score (nSPS) is 18.3. The van der Waals surface area contributed by atoms with Crippen molar-refractivity contribution in [3.63, 3.8) is 0 Å². The third kappa shape index (κ3) is 3.32. The molecule has 3 amide bonds. The Morgan fingerprint density at radius 3 is 2.71 bits per heavy atom. The van der Waals surface area contributed by atoms with Gasteiger partial charge in [-0.3, -0.25) is 9.69 Å². The van der Waals surface area contributed by atoms with E-state index in [9.17, 15) is 14.0 Å². The Labute approximate surface area is 123 Å². The molecule has 0 saturated carbocycles. The number of nitrogens with one attached hydrogen (secondary N) is 1. The van der Waals surface area contributed by atoms with Crippen LogP contribution in [-0.4, -0.2) is 30.0 Å². The van der Waals surface area contributed by atoms with Gasteiger partial charge in [0.1, 0.15) is 17.6 Å². The first-order valence-electron chi connectivity index (χ1n) is 6.86. The number of ether oxygens (including phenoxy) is 1. The number of rotatable bonds is 5. The number of hydrogen-bond acceptors (Lipinski definition) is 3. The van der Waals surface area contributed by atoms with E-state index in [4.69, 9.17) is 4.74 Å². The van der Waals surface area contributed by atoms with E-state index in [1.165, 1.54) is 25.3 Å². The van der Waals surface area contributed by atoms with E-state index in [0.717, 1.165) is 4.90 Å². The fraction of sp³-hybridized carbons (Fsp3) is 0.467. The van der Waals surface area contributed by atoms with Crippen molar-refractivity contribution < 1.29 is 18.7 Å². The highest BCUT2D eigenvalue weighted by Gasteiger charge is 2.38. The highest BCUT2D eigenvalue weighted by Crippen LogP contribution is 2.23. The molecule has 2 rings (SSSR count). The molecule has 5 nitrogen and oxygen atoms in total. The number of carbonyl (C=O) groups excluding carboxylic acids is 2. The Balaban J connectivity index is 2.18. The average molecular weight is 294 g/mol. The summed E-state index contributed by atoms with van der Waals surface area (Å²) in [6.07, 6.45) is 0.585. The monoisotopic (exact) mass is 294 g/mol. The van der Waals surface area contributed by atoms with Gasteiger partial charge in [0.2, 0.25) is 0 Å². The van der Waals surface area contributed by atoms with Crippen LogP contribution in [0.25, 0.3) is 0 Å². The van der Waals surface area contributed by atoms with Gasteiger partial charge in [-0.1, -0.05) is 13.8 Å². The SMILES string of the molecule is COc1ccc(F)cc1CN1C(=O)NC(CC(C)C)C1=O. The summed E-state index contributed by atoms with van der Waals surface area (Å²) in [5, 5.41) is 2.66. The van der Waals surface area contributed by atoms with Gasteiger partial charge in [-0.25, -0.2) is 9.18 Å². The quantitative estimate of drug-likeness (QED) is 0.848. The summed E-state index contributed by atoms with van der Waals surface area (Å²) in [6, 6.07) is 3.08. The fourth-order valence-electron chi connectivity index (χ4n) is 2.40. The van der Waals surface area contributed by atoms with Crippen molar-refractivity contribution in [2.24, 2.45) is 5.92 Å². The molecule has 1 atom stereocenters. The van der Waals surface area contributed by atoms with Crippen LogP contribution in [-0.2, 0) is 11.3 Å². The molecule has 0 spiro atoms. The lowest BCUT2D eigenvalue weighted by molar-refractivity contribution is -0.128. The van der Waals surface area contributed by atoms with E-state index in [1.807, 2.05) is 13.8 Å². The molecule has 21 heavy (non-hydrogen) atoms. The van der Waals surface area contributed by atoms with Crippen LogP contribution in [0.15, 0.2) is 18.2 Å². The smallest absolute Gasteiger partial charge is 0.325 e. The van der Waals surface area contributed by atoms with Gasteiger partial charge in [-0.2, -0.15) is 0 Å². The van der Waals surface area contributed by atoms with Crippen LogP contribution in [0.5, 0.6) is 5.75 Å². The average Bonchev–Trinajstić information content (AvgIpc) is 2.66. The number of nitrogens with zero attached hydrogens (tertiary/aromatic N) is 1. The van der Waals surface area contributed by atoms with Gasteiger partial charge in [-0.05, 0) is 30.5 Å². The number of imide groups is 1. The van der Waals surface area contributed by atoms with Crippen molar-refractivity contribution in [2.45, 2.75) is 32.9 Å². The number of hydrogen-bond donors (Lipinski definition) is 1. The molecule has 0 radical (unpaired) electrons. The standard InChI is InChI=1S/C15H19FN2O3/c1-9(2)6-12-14(19)18(15(20)17-12)8-10-7-11(16)4-5-13(10)21-3/h4-5,7,9,12H,6,8H2,1-3H3,(H,17,20). The molecule has 0 bridgehead atoms. The molecule has 0 aromatic heterocycles. The summed E-state index contributed by atoms with van der Waals surface area (Å²) >= 11 is 0. The van der Waals surface area contributed by atoms with Crippen molar-refractivity contribution in [2.75, 3.05) is 7.11 Å². The molecule has 6 heteroatoms. The predicted molar refractivity (Wildman–Crippen MR) is 75.3 cm³/mol. The van der Waals surface area contributed by atoms with Crippen LogP contribution < -0.4 is 10.1 Å². The topological polar surface area (TPSA) is 58.6 Å². The molecule has 0 aliphatic carbocycles. The number of benzene rings is 1. The summed E-state index contributed by atoms with van der Waals surface area (Å²) in [7, 11) is 1.46. The van der Waals surface area contributed by atoms with E-state index >= 15 is 0 Å². The number of carbonyl (C=O) groups is 2. The Morgan fingerprint density at radius 1 is 1.38 bits per heavy atom. The van der Waals surface area contributed by atoms with Gasteiger partial charge >= 0.3 is 6.03 Å². The molecule has 1 aromatic carbocycles. The highest BCUT2D eigenvalue weighted by molar-refractivity contribution is 6.04. The summed E-state index contributed by atoms with van der Waals surface area (Å²) in [6.45, 7) is 3.97. The van der Waals surface area contributed by atoms with E-state index in [0.29, 0.717) is 23.7 Å². The van der Waals surface area contributed by atoms with Gasteiger partial charge in [0.15, 0.2) is 0 Å². The summed E-state index contributed by atoms with van der Waals surface area (Å²) in [4.78, 5) is 25.3. The molecule has 1 aliphatic heterocycles. The van der Waals surface area contributed by atoms with Crippen LogP contribution in [0, 0.1) is 11.7 Å². The Bertz CT molecular complexity index is 560. The maximum atomic E-state index is 13.3. The predicted octanol–water partition coefficient (Wildman–Crippen LogP) is 2.30. The zero-order valence-corrected chi connectivity index (χ0v) is 12.4. The molecular formula is C15H19FN2O3. The van der Waals surface area contributed by atoms with E-state index < -0.39 is 17.9 Å². The number of halogens is 1. The molecule has 1 aliphatic rings. The number of urea groups is 1. The zero-order valence-electron chi connectivity index (χ0n) is 12.4. The van der Waals surface area contributed by atoms with Crippen molar-refractivity contribution in [3.8, 4) is 5.75 Å². The van der Waals surface area contributed by atoms with Crippen molar-refractivity contribution >= 4 is 11.9 Å². The Hall–Kier alpha value is -2.11. The lowest BCUT2D eigenvalue weighted by atomic mass is 10.0. The minimum Gasteiger partial charge on any atom is -0.496 e. The van der Waals surface area contributed by atoms with Gasteiger partial charge < -0.3 is 10.1 Å².